The molecule has 2 amide bonds. The molecule has 15 rings (SSSR count). The van der Waals surface area contributed by atoms with Gasteiger partial charge in [-0.1, -0.05) is 58.5 Å². The Morgan fingerprint density at radius 2 is 0.920 bits per heavy atom. The van der Waals surface area contributed by atoms with E-state index in [0.717, 1.165) is 139 Å². The van der Waals surface area contributed by atoms with Gasteiger partial charge in [-0.25, -0.2) is 39.1 Å². The van der Waals surface area contributed by atoms with Gasteiger partial charge in [-0.3, -0.25) is 15.3 Å². The largest absolute Gasteiger partial charge is 1.00 e. The Hall–Kier alpha value is -9.98. The van der Waals surface area contributed by atoms with Crippen LogP contribution in [-0.2, 0) is 40.1 Å². The summed E-state index contributed by atoms with van der Waals surface area (Å²) in [5, 5.41) is 66.3. The molecular weight excluding hydrogens is 1310 g/mol. The number of carbonyl (C=O) groups excluding carboxylic acids is 1. The maximum atomic E-state index is 12.6. The van der Waals surface area contributed by atoms with E-state index in [-0.39, 0.29) is 86.4 Å². The molecule has 0 radical (unpaired) electrons. The minimum atomic E-state index is -0.430. The molecule has 3 saturated heterocycles. The van der Waals surface area contributed by atoms with Gasteiger partial charge in [0.1, 0.15) is 23.9 Å². The quantitative estimate of drug-likeness (QED) is 0.0378. The zero-order chi connectivity index (χ0) is 66.8. The minimum absolute atomic E-state index is 0. The van der Waals surface area contributed by atoms with Gasteiger partial charge in [0.05, 0.1) is 84.9 Å². The Kier molecular flexibility index (Phi) is 24.5. The van der Waals surface area contributed by atoms with E-state index in [1.807, 2.05) is 141 Å². The Morgan fingerprint density at radius 3 is 1.34 bits per heavy atom. The number of aryl methyl sites for hydroxylation is 3. The number of rotatable bonds is 16. The van der Waals surface area contributed by atoms with Crippen LogP contribution in [0.1, 0.15) is 56.4 Å². The van der Waals surface area contributed by atoms with E-state index >= 15 is 0 Å². The number of fused-ring (bicyclic) bond motifs is 3. The summed E-state index contributed by atoms with van der Waals surface area (Å²) in [6.45, 7) is 15.9. The first kappa shape index (κ1) is 72.8. The molecule has 12 aromatic rings. The van der Waals surface area contributed by atoms with Crippen LogP contribution >= 0.6 is 0 Å². The fourth-order valence-electron chi connectivity index (χ4n) is 12.0. The van der Waals surface area contributed by atoms with E-state index in [1.54, 1.807) is 18.3 Å². The zero-order valence-corrected chi connectivity index (χ0v) is 58.3. The van der Waals surface area contributed by atoms with Crippen LogP contribution in [0.5, 0.6) is 17.2 Å². The average Bonchev–Trinajstić information content (AvgIpc) is 1.62. The van der Waals surface area contributed by atoms with Crippen molar-refractivity contribution >= 4 is 67.7 Å². The maximum Gasteiger partial charge on any atom is 1.00 e. The second-order valence-electron chi connectivity index (χ2n) is 23.2. The predicted octanol–water partition coefficient (Wildman–Crippen LogP) is 3.76. The smallest absolute Gasteiger partial charge is 1.00 e. The third-order valence-electron chi connectivity index (χ3n) is 17.2. The molecule has 3 fully saturated rings. The molecule has 100 heavy (non-hydrogen) atoms. The van der Waals surface area contributed by atoms with E-state index in [0.29, 0.717) is 89.7 Å². The Bertz CT molecular complexity index is 4640. The van der Waals surface area contributed by atoms with Gasteiger partial charge < -0.3 is 53.9 Å². The number of amides is 2. The molecule has 0 aliphatic carbocycles. The number of hydrazone groups is 1. The van der Waals surface area contributed by atoms with Crippen molar-refractivity contribution in [3.8, 4) is 51.4 Å². The summed E-state index contributed by atoms with van der Waals surface area (Å²) in [4.78, 5) is 44.3. The summed E-state index contributed by atoms with van der Waals surface area (Å²) in [5.74, 6) is 1.36. The molecule has 29 heteroatoms. The molecule has 27 nitrogen and oxygen atoms in total. The van der Waals surface area contributed by atoms with Crippen LogP contribution in [0, 0.1) is 0 Å². The van der Waals surface area contributed by atoms with Crippen molar-refractivity contribution in [2.75, 3.05) is 98.9 Å². The number of aromatic nitrogens is 12. The standard InChI is InChI=1S/C28H30N6O3.2C21H22N6O3.CH4.FH.K/c1-2-25-24-16-21(27(17-26(24)32-31-25)37-19-20-6-4-3-5-7-20)18-29-33-28(35)30-22-8-10-23(11-9-22)34-12-14-36-15-13-34;2*1-2-17-15-11-16(19(28)12-18(15)23-22-17)20-24-25-21(29)27(20)14-5-3-13(4-6-14)26-7-9-30-10-8-26;;;/h3-11,16-18H,2,12-15,19H2,1H3,(H,31,32)(H2,30,33,35);2*3-6,11-12,28H,2,7-10H2,1H3,(H,22,23)(H,25,29);1H4;1H;/q;;;;;+1/p-1/b29-18+;;;;;. The van der Waals surface area contributed by atoms with Gasteiger partial charge in [0.2, 0.25) is 0 Å². The summed E-state index contributed by atoms with van der Waals surface area (Å²) in [5.41, 5.74) is 15.0. The van der Waals surface area contributed by atoms with Crippen LogP contribution in [0.2, 0.25) is 0 Å². The van der Waals surface area contributed by atoms with Crippen LogP contribution < -0.4 is 97.6 Å². The van der Waals surface area contributed by atoms with Gasteiger partial charge in [0, 0.05) is 119 Å². The molecule has 0 spiro atoms. The molecule has 7 aromatic carbocycles. The molecule has 0 bridgehead atoms. The number of ether oxygens (including phenoxy) is 4. The normalized spacial score (nSPS) is 13.8. The van der Waals surface area contributed by atoms with E-state index in [2.05, 4.69) is 88.5 Å². The minimum Gasteiger partial charge on any atom is -1.00 e. The van der Waals surface area contributed by atoms with E-state index in [4.69, 9.17) is 18.9 Å². The van der Waals surface area contributed by atoms with E-state index in [9.17, 15) is 24.6 Å². The molecule has 9 N–H and O–H groups in total. The predicted molar refractivity (Wildman–Crippen MR) is 379 cm³/mol. The molecule has 3 aliphatic heterocycles. The van der Waals surface area contributed by atoms with Gasteiger partial charge in [-0.15, -0.1) is 0 Å². The van der Waals surface area contributed by atoms with Gasteiger partial charge in [0.25, 0.3) is 0 Å². The number of benzene rings is 7. The average molecular weight is 1390 g/mol. The summed E-state index contributed by atoms with van der Waals surface area (Å²) in [6.07, 6.45) is 3.96. The topological polar surface area (TPSA) is 328 Å². The number of urea groups is 1. The number of aromatic amines is 5. The number of aromatic hydroxyl groups is 2. The molecule has 5 aromatic heterocycles. The first-order chi connectivity index (χ1) is 47.5. The zero-order valence-electron chi connectivity index (χ0n) is 55.2. The van der Waals surface area contributed by atoms with Crippen molar-refractivity contribution in [2.24, 2.45) is 5.10 Å². The van der Waals surface area contributed by atoms with Crippen LogP contribution in [0.15, 0.2) is 154 Å². The molecule has 8 heterocycles. The molecule has 0 unspecified atom stereocenters. The third kappa shape index (κ3) is 16.3. The van der Waals surface area contributed by atoms with Crippen molar-refractivity contribution in [3.63, 3.8) is 0 Å². The van der Waals surface area contributed by atoms with Crippen molar-refractivity contribution in [1.29, 1.82) is 0 Å². The van der Waals surface area contributed by atoms with E-state index < -0.39 is 6.03 Å². The first-order valence-electron chi connectivity index (χ1n) is 32.3. The number of hydrogen-bond acceptors (Lipinski definition) is 18. The second kappa shape index (κ2) is 33.7. The van der Waals surface area contributed by atoms with Gasteiger partial charge in [-0.2, -0.15) is 30.6 Å². The van der Waals surface area contributed by atoms with Crippen LogP contribution in [0.4, 0.5) is 27.5 Å². The number of hydrogen-bond donors (Lipinski definition) is 9. The number of phenolic OH excluding ortho intramolecular Hbond substituents is 2. The number of H-pyrrole nitrogens is 5. The van der Waals surface area contributed by atoms with Crippen molar-refractivity contribution in [3.05, 3.63) is 189 Å². The number of anilines is 4. The van der Waals surface area contributed by atoms with Gasteiger partial charge in [-0.05, 0) is 116 Å². The van der Waals surface area contributed by atoms with Crippen LogP contribution in [0.3, 0.4) is 0 Å². The van der Waals surface area contributed by atoms with Crippen molar-refractivity contribution in [2.45, 2.75) is 54.1 Å². The Balaban J connectivity index is 0.000000161. The SMILES string of the molecule is C.CCc1[nH]nc2cc(O)c(-c3n[nH]c(=O)n3-c3ccc(N4CCOCC4)cc3)cc12.CCc1[nH]nc2cc(O)c(-c3n[nH]c(=O)n3-c3ccc(N4CCOCC4)cc3)cc12.CCc1[nH]nc2cc(OCc3ccccc3)c(/C=N/NC(=O)Nc3ccc(N4CCOCC4)cc3)cc12.[F-].[K+]. The van der Waals surface area contributed by atoms with Crippen LogP contribution in [-0.4, -0.2) is 161 Å². The second-order valence-corrected chi connectivity index (χ2v) is 23.2. The summed E-state index contributed by atoms with van der Waals surface area (Å²) in [6, 6.07) is 43.4. The number of nitrogens with one attached hydrogen (secondary N) is 7. The summed E-state index contributed by atoms with van der Waals surface area (Å²) < 4.78 is 25.3. The molecule has 514 valence electrons. The monoisotopic (exact) mass is 1380 g/mol. The van der Waals surface area contributed by atoms with Gasteiger partial charge >= 0.3 is 68.8 Å². The maximum absolute atomic E-state index is 12.6. The number of phenols is 2. The number of morpholine rings is 3. The Morgan fingerprint density at radius 1 is 0.530 bits per heavy atom. The fourth-order valence-corrected chi connectivity index (χ4v) is 12.0. The molecule has 0 atom stereocenters. The molecule has 3 aliphatic rings. The number of carbonyl (C=O) groups is 1. The van der Waals surface area contributed by atoms with Gasteiger partial charge in [0.15, 0.2) is 11.6 Å². The van der Waals surface area contributed by atoms with E-state index in [1.165, 1.54) is 9.13 Å². The van der Waals surface area contributed by atoms with Crippen molar-refractivity contribution in [1.82, 2.24) is 65.5 Å². The first-order valence-corrected chi connectivity index (χ1v) is 32.3. The summed E-state index contributed by atoms with van der Waals surface area (Å²) >= 11 is 0. The van der Waals surface area contributed by atoms with Crippen LogP contribution in [0.25, 0.3) is 66.9 Å². The number of halogens is 1. The van der Waals surface area contributed by atoms with Crippen molar-refractivity contribution < 1.29 is 90.0 Å². The Labute approximate surface area is 616 Å². The number of nitrogens with zero attached hydrogens (tertiary/aromatic N) is 11. The summed E-state index contributed by atoms with van der Waals surface area (Å²) in [7, 11) is 0. The molecule has 0 saturated carbocycles. The fraction of sp³-hybridized carbons (Fsp3) is 0.282. The molecular formula is C71H78FKN18O9. The third-order valence-corrected chi connectivity index (χ3v) is 17.2.